The van der Waals surface area contributed by atoms with Crippen LogP contribution in [-0.2, 0) is 0 Å². The summed E-state index contributed by atoms with van der Waals surface area (Å²) in [5.74, 6) is 2.29. The van der Waals surface area contributed by atoms with Gasteiger partial charge in [0.25, 0.3) is 0 Å². The Hall–Kier alpha value is -1.87. The minimum atomic E-state index is -0.273. The van der Waals surface area contributed by atoms with Gasteiger partial charge in [-0.15, -0.1) is 11.6 Å². The summed E-state index contributed by atoms with van der Waals surface area (Å²) in [6, 6.07) is 13.4. The maximum absolute atomic E-state index is 6.57. The lowest BCUT2D eigenvalue weighted by Gasteiger charge is -2.14. The molecule has 0 amide bonds. The zero-order valence-corrected chi connectivity index (χ0v) is 13.2. The van der Waals surface area contributed by atoms with E-state index in [0.717, 1.165) is 28.4 Å². The van der Waals surface area contributed by atoms with Crippen molar-refractivity contribution in [3.63, 3.8) is 0 Å². The lowest BCUT2D eigenvalue weighted by molar-refractivity contribution is 0.340. The second-order valence-corrected chi connectivity index (χ2v) is 4.95. The molecule has 0 bridgehead atoms. The first-order chi connectivity index (χ1) is 10.2. The molecule has 4 heteroatoms. The van der Waals surface area contributed by atoms with Crippen molar-refractivity contribution in [2.24, 2.45) is 0 Å². The van der Waals surface area contributed by atoms with Crippen LogP contribution < -0.4 is 14.2 Å². The molecule has 1 atom stereocenters. The Labute approximate surface area is 130 Å². The van der Waals surface area contributed by atoms with Gasteiger partial charge in [-0.05, 0) is 42.3 Å². The fourth-order valence-corrected chi connectivity index (χ4v) is 2.34. The van der Waals surface area contributed by atoms with Crippen LogP contribution in [0.15, 0.2) is 42.5 Å². The largest absolute Gasteiger partial charge is 0.497 e. The second kappa shape index (κ2) is 7.23. The van der Waals surface area contributed by atoms with Gasteiger partial charge in [-0.1, -0.05) is 12.1 Å². The molecule has 0 aliphatic heterocycles. The van der Waals surface area contributed by atoms with E-state index in [4.69, 9.17) is 25.8 Å². The number of benzene rings is 2. The number of hydrogen-bond acceptors (Lipinski definition) is 3. The minimum absolute atomic E-state index is 0.273. The van der Waals surface area contributed by atoms with Crippen LogP contribution in [0, 0.1) is 0 Å². The van der Waals surface area contributed by atoms with E-state index in [9.17, 15) is 0 Å². The zero-order chi connectivity index (χ0) is 15.2. The Morgan fingerprint density at radius 2 is 1.43 bits per heavy atom. The molecule has 0 heterocycles. The highest BCUT2D eigenvalue weighted by molar-refractivity contribution is 6.22. The van der Waals surface area contributed by atoms with E-state index in [0.29, 0.717) is 6.61 Å². The fraction of sp³-hybridized carbons (Fsp3) is 0.294. The maximum atomic E-state index is 6.57. The first kappa shape index (κ1) is 15.5. The highest BCUT2D eigenvalue weighted by Crippen LogP contribution is 2.34. The molecule has 0 saturated heterocycles. The zero-order valence-electron chi connectivity index (χ0n) is 12.4. The monoisotopic (exact) mass is 306 g/mol. The van der Waals surface area contributed by atoms with Crippen LogP contribution in [0.2, 0.25) is 0 Å². The van der Waals surface area contributed by atoms with Crippen molar-refractivity contribution in [3.8, 4) is 17.2 Å². The normalized spacial score (nSPS) is 11.8. The highest BCUT2D eigenvalue weighted by Gasteiger charge is 2.13. The molecule has 2 rings (SSSR count). The molecule has 0 saturated carbocycles. The number of alkyl halides is 1. The quantitative estimate of drug-likeness (QED) is 0.739. The smallest absolute Gasteiger partial charge is 0.122 e. The Morgan fingerprint density at radius 3 is 1.90 bits per heavy atom. The number of rotatable bonds is 6. The van der Waals surface area contributed by atoms with Gasteiger partial charge in [0.1, 0.15) is 17.2 Å². The predicted octanol–water partition coefficient (Wildman–Crippen LogP) is 4.43. The minimum Gasteiger partial charge on any atom is -0.497 e. The van der Waals surface area contributed by atoms with Gasteiger partial charge < -0.3 is 14.2 Å². The second-order valence-electron chi connectivity index (χ2n) is 4.51. The van der Waals surface area contributed by atoms with Gasteiger partial charge in [-0.2, -0.15) is 0 Å². The Balaban J connectivity index is 2.28. The van der Waals surface area contributed by atoms with Gasteiger partial charge >= 0.3 is 0 Å². The summed E-state index contributed by atoms with van der Waals surface area (Å²) in [5, 5.41) is -0.273. The molecule has 0 N–H and O–H groups in total. The standard InChI is InChI=1S/C17H19ClO3/c1-4-21-14-7-5-12(6-8-14)17(18)13-9-15(19-2)11-16(10-13)20-3/h5-11,17H,4H2,1-3H3. The molecule has 0 fully saturated rings. The van der Waals surface area contributed by atoms with Crippen molar-refractivity contribution in [2.75, 3.05) is 20.8 Å². The van der Waals surface area contributed by atoms with E-state index in [2.05, 4.69) is 0 Å². The lowest BCUT2D eigenvalue weighted by Crippen LogP contribution is -1.97. The van der Waals surface area contributed by atoms with Gasteiger partial charge in [0.2, 0.25) is 0 Å². The summed E-state index contributed by atoms with van der Waals surface area (Å²) in [6.45, 7) is 2.61. The van der Waals surface area contributed by atoms with Crippen molar-refractivity contribution < 1.29 is 14.2 Å². The van der Waals surface area contributed by atoms with Gasteiger partial charge in [-0.25, -0.2) is 0 Å². The highest BCUT2D eigenvalue weighted by atomic mass is 35.5. The summed E-state index contributed by atoms with van der Waals surface area (Å²) >= 11 is 6.57. The number of halogens is 1. The first-order valence-corrected chi connectivity index (χ1v) is 7.21. The van der Waals surface area contributed by atoms with Gasteiger partial charge in [0.05, 0.1) is 26.2 Å². The van der Waals surface area contributed by atoms with Crippen LogP contribution in [0.3, 0.4) is 0 Å². The average Bonchev–Trinajstić information content (AvgIpc) is 2.54. The third-order valence-electron chi connectivity index (χ3n) is 3.15. The van der Waals surface area contributed by atoms with Crippen LogP contribution in [0.5, 0.6) is 17.2 Å². The van der Waals surface area contributed by atoms with Crippen LogP contribution in [0.4, 0.5) is 0 Å². The SMILES string of the molecule is CCOc1ccc(C(Cl)c2cc(OC)cc(OC)c2)cc1. The Morgan fingerprint density at radius 1 is 0.857 bits per heavy atom. The summed E-state index contributed by atoms with van der Waals surface area (Å²) in [6.07, 6.45) is 0. The van der Waals surface area contributed by atoms with Crippen LogP contribution >= 0.6 is 11.6 Å². The van der Waals surface area contributed by atoms with Crippen molar-refractivity contribution in [2.45, 2.75) is 12.3 Å². The summed E-state index contributed by atoms with van der Waals surface area (Å²) in [4.78, 5) is 0. The number of ether oxygens (including phenoxy) is 3. The van der Waals surface area contributed by atoms with E-state index >= 15 is 0 Å². The van der Waals surface area contributed by atoms with Crippen molar-refractivity contribution >= 4 is 11.6 Å². The predicted molar refractivity (Wildman–Crippen MR) is 84.9 cm³/mol. The topological polar surface area (TPSA) is 27.7 Å². The molecular weight excluding hydrogens is 288 g/mol. The van der Waals surface area contributed by atoms with E-state index in [1.165, 1.54) is 0 Å². The van der Waals surface area contributed by atoms with E-state index in [1.807, 2.05) is 49.4 Å². The van der Waals surface area contributed by atoms with Crippen LogP contribution in [0.1, 0.15) is 23.4 Å². The Bertz CT molecular complexity index is 559. The van der Waals surface area contributed by atoms with Gasteiger partial charge in [0.15, 0.2) is 0 Å². The molecule has 2 aromatic carbocycles. The summed E-state index contributed by atoms with van der Waals surface area (Å²) in [7, 11) is 3.25. The maximum Gasteiger partial charge on any atom is 0.122 e. The number of methoxy groups -OCH3 is 2. The molecular formula is C17H19ClO3. The molecule has 1 unspecified atom stereocenters. The third-order valence-corrected chi connectivity index (χ3v) is 3.65. The molecule has 2 aromatic rings. The molecule has 0 aliphatic rings. The molecule has 112 valence electrons. The van der Waals surface area contributed by atoms with E-state index in [1.54, 1.807) is 14.2 Å². The van der Waals surface area contributed by atoms with Gasteiger partial charge in [-0.3, -0.25) is 0 Å². The molecule has 0 radical (unpaired) electrons. The molecule has 0 aliphatic carbocycles. The molecule has 0 aromatic heterocycles. The van der Waals surface area contributed by atoms with Crippen LogP contribution in [0.25, 0.3) is 0 Å². The van der Waals surface area contributed by atoms with Crippen molar-refractivity contribution in [3.05, 3.63) is 53.6 Å². The van der Waals surface area contributed by atoms with E-state index in [-0.39, 0.29) is 5.38 Å². The summed E-state index contributed by atoms with van der Waals surface area (Å²) < 4.78 is 16.0. The van der Waals surface area contributed by atoms with Crippen molar-refractivity contribution in [1.82, 2.24) is 0 Å². The first-order valence-electron chi connectivity index (χ1n) is 6.77. The third kappa shape index (κ3) is 3.82. The van der Waals surface area contributed by atoms with Gasteiger partial charge in [0, 0.05) is 6.07 Å². The Kier molecular flexibility index (Phi) is 5.34. The molecule has 0 spiro atoms. The summed E-state index contributed by atoms with van der Waals surface area (Å²) in [5.41, 5.74) is 1.92. The number of hydrogen-bond donors (Lipinski definition) is 0. The molecule has 3 nitrogen and oxygen atoms in total. The average molecular weight is 307 g/mol. The van der Waals surface area contributed by atoms with E-state index < -0.39 is 0 Å². The lowest BCUT2D eigenvalue weighted by atomic mass is 10.0. The molecule has 21 heavy (non-hydrogen) atoms. The van der Waals surface area contributed by atoms with Crippen molar-refractivity contribution in [1.29, 1.82) is 0 Å². The fourth-order valence-electron chi connectivity index (χ4n) is 2.07. The van der Waals surface area contributed by atoms with Crippen LogP contribution in [-0.4, -0.2) is 20.8 Å².